The average Bonchev–Trinajstić information content (AvgIpc) is 2.78. The predicted molar refractivity (Wildman–Crippen MR) is 120 cm³/mol. The molecule has 6 nitrogen and oxygen atoms in total. The molecule has 2 aromatic carbocycles. The summed E-state index contributed by atoms with van der Waals surface area (Å²) in [5, 5.41) is 7.45. The van der Waals surface area contributed by atoms with Crippen LogP contribution in [-0.4, -0.2) is 37.0 Å². The third kappa shape index (κ3) is 6.95. The van der Waals surface area contributed by atoms with E-state index < -0.39 is 12.1 Å². The van der Waals surface area contributed by atoms with Gasteiger partial charge in [0.25, 0.3) is 5.91 Å². The zero-order valence-electron chi connectivity index (χ0n) is 18.0. The molecule has 6 heteroatoms. The number of hydrogen-bond donors (Lipinski definition) is 2. The predicted octanol–water partition coefficient (Wildman–Crippen LogP) is 3.44. The molecule has 1 atom stereocenters. The Labute approximate surface area is 183 Å². The fraction of sp³-hybridized carbons (Fsp3) is 0.400. The molecule has 0 aliphatic heterocycles. The Morgan fingerprint density at radius 3 is 2.65 bits per heavy atom. The van der Waals surface area contributed by atoms with E-state index >= 15 is 0 Å². The lowest BCUT2D eigenvalue weighted by Crippen LogP contribution is -2.39. The van der Waals surface area contributed by atoms with Crippen molar-refractivity contribution in [2.24, 2.45) is 0 Å². The van der Waals surface area contributed by atoms with Gasteiger partial charge < -0.3 is 15.4 Å². The minimum absolute atomic E-state index is 0.167. The number of carbonyl (C=O) groups is 3. The van der Waals surface area contributed by atoms with E-state index in [4.69, 9.17) is 4.74 Å². The molecule has 164 valence electrons. The number of carbonyl (C=O) groups excluding carboxylic acids is 3. The van der Waals surface area contributed by atoms with Crippen molar-refractivity contribution in [2.45, 2.75) is 51.6 Å². The second-order valence-electron chi connectivity index (χ2n) is 7.87. The number of benzene rings is 2. The molecule has 0 fully saturated rings. The second-order valence-corrected chi connectivity index (χ2v) is 7.87. The summed E-state index contributed by atoms with van der Waals surface area (Å²) in [6, 6.07) is 13.6. The molecule has 0 spiro atoms. The Balaban J connectivity index is 1.38. The second kappa shape index (κ2) is 11.3. The van der Waals surface area contributed by atoms with E-state index in [1.54, 1.807) is 0 Å². The van der Waals surface area contributed by atoms with E-state index in [0.717, 1.165) is 35.6 Å². The number of amides is 2. The van der Waals surface area contributed by atoms with E-state index in [-0.39, 0.29) is 24.8 Å². The van der Waals surface area contributed by atoms with Crippen molar-refractivity contribution in [3.63, 3.8) is 0 Å². The summed E-state index contributed by atoms with van der Waals surface area (Å²) in [6.07, 6.45) is 7.00. The number of fused-ring (bicyclic) bond motifs is 1. The first kappa shape index (κ1) is 22.5. The van der Waals surface area contributed by atoms with Crippen LogP contribution in [0.2, 0.25) is 0 Å². The average molecular weight is 423 g/mol. The van der Waals surface area contributed by atoms with Crippen LogP contribution in [0.15, 0.2) is 54.1 Å². The van der Waals surface area contributed by atoms with Crippen LogP contribution in [0.5, 0.6) is 0 Å². The zero-order chi connectivity index (χ0) is 22.1. The van der Waals surface area contributed by atoms with E-state index in [2.05, 4.69) is 16.7 Å². The summed E-state index contributed by atoms with van der Waals surface area (Å²) < 4.78 is 5.15. The first-order chi connectivity index (χ1) is 15.0. The molecule has 2 aromatic rings. The molecule has 1 aliphatic rings. The maximum Gasteiger partial charge on any atom is 0.326 e. The Hall–Kier alpha value is -3.15. The lowest BCUT2D eigenvalue weighted by Gasteiger charge is -2.16. The maximum absolute atomic E-state index is 12.3. The molecule has 0 unspecified atom stereocenters. The summed E-state index contributed by atoms with van der Waals surface area (Å²) in [5.74, 6) is -1.23. The van der Waals surface area contributed by atoms with Crippen molar-refractivity contribution < 1.29 is 19.1 Å². The summed E-state index contributed by atoms with van der Waals surface area (Å²) in [4.78, 5) is 36.4. The molecule has 1 aliphatic carbocycles. The van der Waals surface area contributed by atoms with Gasteiger partial charge in [-0.05, 0) is 55.4 Å². The number of allylic oxidation sites excluding steroid dienone is 1. The van der Waals surface area contributed by atoms with Crippen molar-refractivity contribution in [3.05, 3.63) is 59.7 Å². The standard InChI is InChI=1S/C25H30N2O4/c1-18(25(30)26-15-14-19-8-3-2-4-9-19)31-24(29)17-27-23(28)16-21-12-7-11-20-10-5-6-13-22(20)21/h5-8,10-13,18H,2-4,9,14-17H2,1H3,(H,26,30)(H,27,28)/t18-/m1/s1. The zero-order valence-corrected chi connectivity index (χ0v) is 18.0. The molecule has 0 bridgehead atoms. The van der Waals surface area contributed by atoms with Crippen molar-refractivity contribution in [1.29, 1.82) is 0 Å². The van der Waals surface area contributed by atoms with Gasteiger partial charge in [-0.1, -0.05) is 54.1 Å². The van der Waals surface area contributed by atoms with Crippen LogP contribution in [0.1, 0.15) is 44.6 Å². The fourth-order valence-corrected chi connectivity index (χ4v) is 3.77. The molecule has 0 radical (unpaired) electrons. The van der Waals surface area contributed by atoms with Crippen LogP contribution < -0.4 is 10.6 Å². The van der Waals surface area contributed by atoms with Gasteiger partial charge in [-0.25, -0.2) is 0 Å². The van der Waals surface area contributed by atoms with E-state index in [0.29, 0.717) is 6.54 Å². The third-order valence-electron chi connectivity index (χ3n) is 5.47. The molecule has 31 heavy (non-hydrogen) atoms. The molecular weight excluding hydrogens is 392 g/mol. The molecular formula is C25H30N2O4. The van der Waals surface area contributed by atoms with Gasteiger partial charge in [-0.15, -0.1) is 0 Å². The SMILES string of the molecule is C[C@@H](OC(=O)CNC(=O)Cc1cccc2ccccc12)C(=O)NCCC1=CCCCC1. The van der Waals surface area contributed by atoms with Crippen LogP contribution in [0, 0.1) is 0 Å². The van der Waals surface area contributed by atoms with Crippen molar-refractivity contribution in [1.82, 2.24) is 10.6 Å². The van der Waals surface area contributed by atoms with Crippen LogP contribution in [-0.2, 0) is 25.5 Å². The highest BCUT2D eigenvalue weighted by molar-refractivity contribution is 5.91. The fourth-order valence-electron chi connectivity index (χ4n) is 3.77. The number of nitrogens with one attached hydrogen (secondary N) is 2. The highest BCUT2D eigenvalue weighted by Crippen LogP contribution is 2.20. The number of esters is 1. The quantitative estimate of drug-likeness (QED) is 0.479. The van der Waals surface area contributed by atoms with Gasteiger partial charge in [-0.2, -0.15) is 0 Å². The molecule has 2 amide bonds. The minimum atomic E-state index is -0.900. The van der Waals surface area contributed by atoms with Crippen molar-refractivity contribution in [3.8, 4) is 0 Å². The minimum Gasteiger partial charge on any atom is -0.451 e. The normalized spacial score (nSPS) is 14.4. The Morgan fingerprint density at radius 1 is 1.03 bits per heavy atom. The number of hydrogen-bond acceptors (Lipinski definition) is 4. The van der Waals surface area contributed by atoms with E-state index in [1.807, 2.05) is 42.5 Å². The number of ether oxygens (including phenoxy) is 1. The van der Waals surface area contributed by atoms with Crippen molar-refractivity contribution in [2.75, 3.05) is 13.1 Å². The van der Waals surface area contributed by atoms with Crippen LogP contribution >= 0.6 is 0 Å². The van der Waals surface area contributed by atoms with Gasteiger partial charge in [0.1, 0.15) is 6.54 Å². The first-order valence-corrected chi connectivity index (χ1v) is 10.9. The van der Waals surface area contributed by atoms with Crippen LogP contribution in [0.25, 0.3) is 10.8 Å². The smallest absolute Gasteiger partial charge is 0.326 e. The van der Waals surface area contributed by atoms with Gasteiger partial charge in [-0.3, -0.25) is 14.4 Å². The highest BCUT2D eigenvalue weighted by atomic mass is 16.5. The van der Waals surface area contributed by atoms with Crippen LogP contribution in [0.3, 0.4) is 0 Å². The van der Waals surface area contributed by atoms with E-state index in [1.165, 1.54) is 25.3 Å². The largest absolute Gasteiger partial charge is 0.451 e. The summed E-state index contributed by atoms with van der Waals surface area (Å²) in [6.45, 7) is 1.80. The third-order valence-corrected chi connectivity index (χ3v) is 5.47. The van der Waals surface area contributed by atoms with Crippen LogP contribution in [0.4, 0.5) is 0 Å². The topological polar surface area (TPSA) is 84.5 Å². The first-order valence-electron chi connectivity index (χ1n) is 10.9. The summed E-state index contributed by atoms with van der Waals surface area (Å²) in [5.41, 5.74) is 2.27. The molecule has 0 saturated heterocycles. The van der Waals surface area contributed by atoms with Gasteiger partial charge >= 0.3 is 5.97 Å². The lowest BCUT2D eigenvalue weighted by molar-refractivity contribution is -0.154. The Morgan fingerprint density at radius 2 is 1.84 bits per heavy atom. The van der Waals surface area contributed by atoms with E-state index in [9.17, 15) is 14.4 Å². The Kier molecular flexibility index (Phi) is 8.21. The highest BCUT2D eigenvalue weighted by Gasteiger charge is 2.18. The molecule has 0 heterocycles. The Bertz CT molecular complexity index is 962. The van der Waals surface area contributed by atoms with Gasteiger partial charge in [0, 0.05) is 6.54 Å². The van der Waals surface area contributed by atoms with Gasteiger partial charge in [0.15, 0.2) is 6.10 Å². The van der Waals surface area contributed by atoms with Gasteiger partial charge in [0.2, 0.25) is 5.91 Å². The summed E-state index contributed by atoms with van der Waals surface area (Å²) >= 11 is 0. The van der Waals surface area contributed by atoms with Crippen molar-refractivity contribution >= 4 is 28.6 Å². The number of rotatable bonds is 9. The molecule has 0 aromatic heterocycles. The molecule has 2 N–H and O–H groups in total. The molecule has 3 rings (SSSR count). The lowest BCUT2D eigenvalue weighted by atomic mass is 9.97. The maximum atomic E-state index is 12.3. The van der Waals surface area contributed by atoms with Gasteiger partial charge in [0.05, 0.1) is 6.42 Å². The molecule has 0 saturated carbocycles. The monoisotopic (exact) mass is 422 g/mol. The summed E-state index contributed by atoms with van der Waals surface area (Å²) in [7, 11) is 0.